The number of benzene rings is 1. The molecule has 112 valence electrons. The molecule has 21 heavy (non-hydrogen) atoms. The van der Waals surface area contributed by atoms with Crippen molar-refractivity contribution in [3.63, 3.8) is 0 Å². The van der Waals surface area contributed by atoms with Gasteiger partial charge in [-0.1, -0.05) is 18.2 Å². The molecule has 1 aliphatic rings. The number of hydrogen-bond donors (Lipinski definition) is 1. The number of hydrogen-bond acceptors (Lipinski definition) is 4. The van der Waals surface area contributed by atoms with Crippen LogP contribution in [-0.2, 0) is 16.0 Å². The van der Waals surface area contributed by atoms with Crippen molar-refractivity contribution in [2.75, 3.05) is 26.3 Å². The summed E-state index contributed by atoms with van der Waals surface area (Å²) in [6.45, 7) is 1.74. The van der Waals surface area contributed by atoms with Gasteiger partial charge in [0.25, 0.3) is 0 Å². The smallest absolute Gasteiger partial charge is 0.248 e. The van der Waals surface area contributed by atoms with Gasteiger partial charge in [-0.25, -0.2) is 0 Å². The molecule has 0 bridgehead atoms. The summed E-state index contributed by atoms with van der Waals surface area (Å²) in [5.41, 5.74) is 0. The van der Waals surface area contributed by atoms with Crippen molar-refractivity contribution in [2.45, 2.75) is 18.9 Å². The Morgan fingerprint density at radius 1 is 1.43 bits per heavy atom. The number of nitrogens with zero attached hydrogens (tertiary/aromatic N) is 1. The van der Waals surface area contributed by atoms with Crippen molar-refractivity contribution in [2.24, 2.45) is 0 Å². The number of rotatable bonds is 5. The third kappa shape index (κ3) is 3.61. The fourth-order valence-corrected chi connectivity index (χ4v) is 3.60. The van der Waals surface area contributed by atoms with E-state index in [4.69, 9.17) is 4.74 Å². The summed E-state index contributed by atoms with van der Waals surface area (Å²) in [6.07, 6.45) is 1.13. The summed E-state index contributed by atoms with van der Waals surface area (Å²) in [5.74, 6) is -0.0251. The Balaban J connectivity index is 1.42. The standard InChI is InChI=1S/C16H19NO3S/c18-13-5-7-17(10-13)16(19)11-20-8-6-14-9-12-3-1-2-4-15(12)21-14/h1-4,9,13,18H,5-8,10-11H2. The number of carbonyl (C=O) groups is 1. The molecule has 4 nitrogen and oxygen atoms in total. The first kappa shape index (κ1) is 14.5. The minimum absolute atomic E-state index is 0.0251. The van der Waals surface area contributed by atoms with Crippen molar-refractivity contribution in [3.8, 4) is 0 Å². The first-order valence-corrected chi connectivity index (χ1v) is 8.05. The van der Waals surface area contributed by atoms with Crippen molar-refractivity contribution in [1.82, 2.24) is 4.90 Å². The number of carbonyl (C=O) groups excluding carboxylic acids is 1. The summed E-state index contributed by atoms with van der Waals surface area (Å²) >= 11 is 1.77. The van der Waals surface area contributed by atoms with E-state index in [1.54, 1.807) is 16.2 Å². The molecule has 0 aliphatic carbocycles. The van der Waals surface area contributed by atoms with E-state index < -0.39 is 0 Å². The van der Waals surface area contributed by atoms with Gasteiger partial charge in [-0.3, -0.25) is 4.79 Å². The Morgan fingerprint density at radius 2 is 2.29 bits per heavy atom. The van der Waals surface area contributed by atoms with Crippen LogP contribution in [-0.4, -0.2) is 48.3 Å². The van der Waals surface area contributed by atoms with Gasteiger partial charge in [0, 0.05) is 29.1 Å². The monoisotopic (exact) mass is 305 g/mol. The molecule has 1 fully saturated rings. The summed E-state index contributed by atoms with van der Waals surface area (Å²) in [4.78, 5) is 14.8. The first-order valence-electron chi connectivity index (χ1n) is 7.23. The van der Waals surface area contributed by atoms with E-state index in [1.165, 1.54) is 15.0 Å². The molecule has 1 aromatic heterocycles. The van der Waals surface area contributed by atoms with Crippen LogP contribution in [0.5, 0.6) is 0 Å². The van der Waals surface area contributed by atoms with Crippen molar-refractivity contribution >= 4 is 27.3 Å². The fraction of sp³-hybridized carbons (Fsp3) is 0.438. The van der Waals surface area contributed by atoms with Crippen LogP contribution in [0.4, 0.5) is 0 Å². The third-order valence-electron chi connectivity index (χ3n) is 3.71. The quantitative estimate of drug-likeness (QED) is 0.860. The van der Waals surface area contributed by atoms with Crippen LogP contribution < -0.4 is 0 Å². The van der Waals surface area contributed by atoms with Gasteiger partial charge in [-0.05, 0) is 23.9 Å². The van der Waals surface area contributed by atoms with Gasteiger partial charge in [0.1, 0.15) is 6.61 Å². The maximum Gasteiger partial charge on any atom is 0.248 e. The van der Waals surface area contributed by atoms with Crippen molar-refractivity contribution in [1.29, 1.82) is 0 Å². The fourth-order valence-electron chi connectivity index (χ4n) is 2.55. The molecule has 0 spiro atoms. The number of aliphatic hydroxyl groups excluding tert-OH is 1. The van der Waals surface area contributed by atoms with Crippen LogP contribution >= 0.6 is 11.3 Å². The lowest BCUT2D eigenvalue weighted by molar-refractivity contribution is -0.135. The minimum Gasteiger partial charge on any atom is -0.391 e. The summed E-state index contributed by atoms with van der Waals surface area (Å²) < 4.78 is 6.76. The van der Waals surface area contributed by atoms with Crippen molar-refractivity contribution in [3.05, 3.63) is 35.2 Å². The van der Waals surface area contributed by atoms with E-state index >= 15 is 0 Å². The molecule has 2 heterocycles. The van der Waals surface area contributed by atoms with Crippen molar-refractivity contribution < 1.29 is 14.6 Å². The highest BCUT2D eigenvalue weighted by atomic mass is 32.1. The Hall–Kier alpha value is -1.43. The molecule has 0 radical (unpaired) electrons. The Bertz CT molecular complexity index is 592. The Labute approximate surface area is 127 Å². The van der Waals surface area contributed by atoms with E-state index in [0.717, 1.165) is 6.42 Å². The van der Waals surface area contributed by atoms with E-state index in [0.29, 0.717) is 26.1 Å². The number of aliphatic hydroxyl groups is 1. The molecule has 3 rings (SSSR count). The zero-order valence-electron chi connectivity index (χ0n) is 11.8. The number of thiophene rings is 1. The number of amides is 1. The Kier molecular flexibility index (Phi) is 4.53. The summed E-state index contributed by atoms with van der Waals surface area (Å²) in [5, 5.41) is 10.7. The molecule has 0 saturated carbocycles. The zero-order valence-corrected chi connectivity index (χ0v) is 12.6. The summed E-state index contributed by atoms with van der Waals surface area (Å²) in [7, 11) is 0. The topological polar surface area (TPSA) is 49.8 Å². The maximum atomic E-state index is 11.8. The predicted octanol–water partition coefficient (Wildman–Crippen LogP) is 2.05. The molecule has 1 unspecified atom stereocenters. The largest absolute Gasteiger partial charge is 0.391 e. The van der Waals surface area contributed by atoms with Gasteiger partial charge in [-0.2, -0.15) is 0 Å². The lowest BCUT2D eigenvalue weighted by Crippen LogP contribution is -2.32. The molecule has 1 amide bonds. The predicted molar refractivity (Wildman–Crippen MR) is 83.6 cm³/mol. The molecule has 2 aromatic rings. The van der Waals surface area contributed by atoms with E-state index in [9.17, 15) is 9.90 Å². The minimum atomic E-state index is -0.368. The molecule has 5 heteroatoms. The van der Waals surface area contributed by atoms with Crippen LogP contribution in [0.25, 0.3) is 10.1 Å². The average molecular weight is 305 g/mol. The number of likely N-dealkylation sites (tertiary alicyclic amines) is 1. The number of β-amino-alcohol motifs (C(OH)–C–C–N with tert-alkyl or cyclic N) is 1. The molecular formula is C16H19NO3S. The van der Waals surface area contributed by atoms with Gasteiger partial charge in [0.15, 0.2) is 0 Å². The van der Waals surface area contributed by atoms with E-state index in [-0.39, 0.29) is 18.6 Å². The van der Waals surface area contributed by atoms with Gasteiger partial charge in [-0.15, -0.1) is 11.3 Å². The van der Waals surface area contributed by atoms with Crippen LogP contribution in [0.3, 0.4) is 0 Å². The van der Waals surface area contributed by atoms with E-state index in [2.05, 4.69) is 18.2 Å². The molecule has 1 saturated heterocycles. The van der Waals surface area contributed by atoms with Crippen LogP contribution in [0.2, 0.25) is 0 Å². The normalized spacial score (nSPS) is 18.5. The molecular weight excluding hydrogens is 286 g/mol. The van der Waals surface area contributed by atoms with Gasteiger partial charge < -0.3 is 14.7 Å². The third-order valence-corrected chi connectivity index (χ3v) is 4.89. The SMILES string of the molecule is O=C(COCCc1cc2ccccc2s1)N1CCC(O)C1. The van der Waals surface area contributed by atoms with Crippen LogP contribution in [0.1, 0.15) is 11.3 Å². The molecule has 1 N–H and O–H groups in total. The number of fused-ring (bicyclic) bond motifs is 1. The molecule has 1 aliphatic heterocycles. The lowest BCUT2D eigenvalue weighted by atomic mass is 10.2. The second-order valence-corrected chi connectivity index (χ2v) is 6.50. The van der Waals surface area contributed by atoms with Gasteiger partial charge in [0.2, 0.25) is 5.91 Å². The second kappa shape index (κ2) is 6.56. The second-order valence-electron chi connectivity index (χ2n) is 5.34. The van der Waals surface area contributed by atoms with Crippen LogP contribution in [0, 0.1) is 0 Å². The summed E-state index contributed by atoms with van der Waals surface area (Å²) in [6, 6.07) is 10.5. The zero-order chi connectivity index (χ0) is 14.7. The highest BCUT2D eigenvalue weighted by Gasteiger charge is 2.24. The van der Waals surface area contributed by atoms with E-state index in [1.807, 2.05) is 12.1 Å². The number of ether oxygens (including phenoxy) is 1. The van der Waals surface area contributed by atoms with Gasteiger partial charge in [0.05, 0.1) is 12.7 Å². The first-order chi connectivity index (χ1) is 10.2. The lowest BCUT2D eigenvalue weighted by Gasteiger charge is -2.15. The maximum absolute atomic E-state index is 11.8. The molecule has 1 atom stereocenters. The van der Waals surface area contributed by atoms with Crippen LogP contribution in [0.15, 0.2) is 30.3 Å². The average Bonchev–Trinajstić information content (AvgIpc) is 3.09. The highest BCUT2D eigenvalue weighted by Crippen LogP contribution is 2.25. The highest BCUT2D eigenvalue weighted by molar-refractivity contribution is 7.19. The Morgan fingerprint density at radius 3 is 3.05 bits per heavy atom. The molecule has 1 aromatic carbocycles. The van der Waals surface area contributed by atoms with Gasteiger partial charge >= 0.3 is 0 Å².